The number of ether oxygens (including phenoxy) is 1. The van der Waals surface area contributed by atoms with E-state index in [1.807, 2.05) is 0 Å². The van der Waals surface area contributed by atoms with Gasteiger partial charge in [-0.15, -0.1) is 0 Å². The van der Waals surface area contributed by atoms with Crippen molar-refractivity contribution < 1.29 is 31.6 Å². The molecule has 2 N–H and O–H groups in total. The van der Waals surface area contributed by atoms with E-state index >= 15 is 0 Å². The van der Waals surface area contributed by atoms with Crippen LogP contribution in [0.1, 0.15) is 12.7 Å². The predicted octanol–water partition coefficient (Wildman–Crippen LogP) is 5.65. The highest BCUT2D eigenvalue weighted by molar-refractivity contribution is 6.32. The minimum atomic E-state index is -4.71. The third-order valence-electron chi connectivity index (χ3n) is 3.44. The Morgan fingerprint density at radius 2 is 2.07 bits per heavy atom. The first-order valence-corrected chi connectivity index (χ1v) is 8.28. The number of nitrogens with one attached hydrogen (secondary N) is 2. The molecular weight excluding hydrogens is 403 g/mol. The molecule has 0 saturated carbocycles. The number of carbonyl (C=O) groups excluding carboxylic acids is 1. The lowest BCUT2D eigenvalue weighted by Crippen LogP contribution is -2.20. The summed E-state index contributed by atoms with van der Waals surface area (Å²) >= 11 is 6.16. The zero-order chi connectivity index (χ0) is 20.3. The van der Waals surface area contributed by atoms with Crippen LogP contribution in [0.15, 0.2) is 45.5 Å². The highest BCUT2D eigenvalue weighted by Gasteiger charge is 2.36. The number of furan rings is 1. The number of amides is 2. The van der Waals surface area contributed by atoms with Crippen molar-refractivity contribution in [3.05, 3.63) is 47.4 Å². The number of anilines is 2. The number of nitrogens with zero attached hydrogens (tertiary/aromatic N) is 1. The number of halogens is 4. The van der Waals surface area contributed by atoms with Gasteiger partial charge in [-0.25, -0.2) is 4.79 Å². The lowest BCUT2D eigenvalue weighted by Gasteiger charge is -2.13. The smallest absolute Gasteiger partial charge is 0.452 e. The quantitative estimate of drug-likeness (QED) is 0.562. The van der Waals surface area contributed by atoms with Gasteiger partial charge in [0.25, 0.3) is 0 Å². The lowest BCUT2D eigenvalue weighted by atomic mass is 10.1. The van der Waals surface area contributed by atoms with Crippen LogP contribution in [0.4, 0.5) is 29.5 Å². The molecule has 0 aliphatic heterocycles. The van der Waals surface area contributed by atoms with Gasteiger partial charge in [0.1, 0.15) is 11.5 Å². The highest BCUT2D eigenvalue weighted by Crippen LogP contribution is 2.37. The Kier molecular flexibility index (Phi) is 5.50. The molecule has 148 valence electrons. The van der Waals surface area contributed by atoms with Crippen LogP contribution < -0.4 is 15.4 Å². The molecule has 11 heteroatoms. The lowest BCUT2D eigenvalue weighted by molar-refractivity contribution is -0.155. The molecule has 1 aromatic carbocycles. The van der Waals surface area contributed by atoms with Gasteiger partial charge in [-0.2, -0.15) is 13.2 Å². The van der Waals surface area contributed by atoms with Gasteiger partial charge in [0.15, 0.2) is 5.82 Å². The van der Waals surface area contributed by atoms with Gasteiger partial charge in [0, 0.05) is 11.6 Å². The number of hydrogen-bond donors (Lipinski definition) is 2. The zero-order valence-corrected chi connectivity index (χ0v) is 15.0. The first-order valence-electron chi connectivity index (χ1n) is 7.90. The Morgan fingerprint density at radius 3 is 2.68 bits per heavy atom. The molecule has 0 spiro atoms. The van der Waals surface area contributed by atoms with Crippen molar-refractivity contribution in [1.82, 2.24) is 5.16 Å². The minimum absolute atomic E-state index is 0.230. The van der Waals surface area contributed by atoms with Crippen LogP contribution >= 0.6 is 11.6 Å². The molecule has 0 saturated heterocycles. The second-order valence-corrected chi connectivity index (χ2v) is 5.80. The number of urea groups is 1. The number of hydrogen-bond acceptors (Lipinski definition) is 5. The Hall–Kier alpha value is -3.14. The molecule has 0 radical (unpaired) electrons. The topological polar surface area (TPSA) is 89.5 Å². The van der Waals surface area contributed by atoms with Crippen molar-refractivity contribution >= 4 is 29.1 Å². The van der Waals surface area contributed by atoms with E-state index in [9.17, 15) is 18.0 Å². The van der Waals surface area contributed by atoms with E-state index in [2.05, 4.69) is 20.3 Å². The van der Waals surface area contributed by atoms with Gasteiger partial charge in [-0.1, -0.05) is 16.8 Å². The Morgan fingerprint density at radius 1 is 1.29 bits per heavy atom. The van der Waals surface area contributed by atoms with E-state index in [0.717, 1.165) is 0 Å². The van der Waals surface area contributed by atoms with E-state index in [0.29, 0.717) is 29.7 Å². The van der Waals surface area contributed by atoms with Crippen molar-refractivity contribution in [3.8, 4) is 17.1 Å². The second kappa shape index (κ2) is 7.85. The molecule has 0 bridgehead atoms. The van der Waals surface area contributed by atoms with Gasteiger partial charge in [0.2, 0.25) is 5.76 Å². The molecule has 28 heavy (non-hydrogen) atoms. The van der Waals surface area contributed by atoms with Gasteiger partial charge >= 0.3 is 12.2 Å². The van der Waals surface area contributed by atoms with Gasteiger partial charge < -0.3 is 19.0 Å². The van der Waals surface area contributed by atoms with Crippen LogP contribution in [-0.4, -0.2) is 17.8 Å². The fourth-order valence-electron chi connectivity index (χ4n) is 2.30. The third kappa shape index (κ3) is 4.39. The van der Waals surface area contributed by atoms with Crippen LogP contribution in [0, 0.1) is 0 Å². The molecule has 0 unspecified atom stereocenters. The summed E-state index contributed by atoms with van der Waals surface area (Å²) in [4.78, 5) is 12.2. The van der Waals surface area contributed by atoms with Crippen molar-refractivity contribution in [2.24, 2.45) is 0 Å². The molecule has 2 amide bonds. The maximum Gasteiger partial charge on any atom is 0.452 e. The summed E-state index contributed by atoms with van der Waals surface area (Å²) in [5, 5.41) is 8.04. The van der Waals surface area contributed by atoms with E-state index < -0.39 is 23.8 Å². The normalized spacial score (nSPS) is 11.3. The fourth-order valence-corrected chi connectivity index (χ4v) is 2.51. The monoisotopic (exact) mass is 415 g/mol. The van der Waals surface area contributed by atoms with Gasteiger partial charge in [0.05, 0.1) is 23.6 Å². The predicted molar refractivity (Wildman–Crippen MR) is 94.5 cm³/mol. The molecule has 2 aromatic heterocycles. The summed E-state index contributed by atoms with van der Waals surface area (Å²) in [6.45, 7) is 2.16. The average molecular weight is 416 g/mol. The maximum absolute atomic E-state index is 12.5. The van der Waals surface area contributed by atoms with E-state index in [4.69, 9.17) is 20.8 Å². The largest absolute Gasteiger partial charge is 0.492 e. The first-order chi connectivity index (χ1) is 13.3. The van der Waals surface area contributed by atoms with E-state index in [1.165, 1.54) is 12.3 Å². The molecule has 2 heterocycles. The summed E-state index contributed by atoms with van der Waals surface area (Å²) in [6.07, 6.45) is -3.26. The number of rotatable bonds is 5. The first kappa shape index (κ1) is 19.6. The van der Waals surface area contributed by atoms with Crippen LogP contribution in [0.5, 0.6) is 5.75 Å². The van der Waals surface area contributed by atoms with Crippen molar-refractivity contribution in [1.29, 1.82) is 0 Å². The number of alkyl halides is 3. The molecule has 0 atom stereocenters. The summed E-state index contributed by atoms with van der Waals surface area (Å²) in [7, 11) is 0. The summed E-state index contributed by atoms with van der Waals surface area (Å²) in [6, 6.07) is 6.05. The van der Waals surface area contributed by atoms with Crippen molar-refractivity contribution in [2.75, 3.05) is 17.2 Å². The molecular formula is C17H13ClF3N3O4. The van der Waals surface area contributed by atoms with Crippen LogP contribution in [0.3, 0.4) is 0 Å². The van der Waals surface area contributed by atoms with Crippen molar-refractivity contribution in [3.63, 3.8) is 0 Å². The summed E-state index contributed by atoms with van der Waals surface area (Å²) in [5.41, 5.74) is 0.713. The second-order valence-electron chi connectivity index (χ2n) is 5.39. The minimum Gasteiger partial charge on any atom is -0.492 e. The Balaban J connectivity index is 1.83. The molecule has 3 rings (SSSR count). The van der Waals surface area contributed by atoms with E-state index in [1.54, 1.807) is 25.1 Å². The van der Waals surface area contributed by atoms with Crippen molar-refractivity contribution in [2.45, 2.75) is 13.1 Å². The molecule has 0 aliphatic rings. The Labute approximate surface area is 161 Å². The standard InChI is InChI=1S/C17H13ClF3N3O4/c1-2-26-13-6-9(12-4-3-5-27-12)11(7-10(13)18)22-16(25)23-15-8-14(28-24-15)17(19,20)21/h3-8H,2H2,1H3,(H2,22,23,24,25). The maximum atomic E-state index is 12.5. The summed E-state index contributed by atoms with van der Waals surface area (Å²) < 4.78 is 52.6. The van der Waals surface area contributed by atoms with E-state index in [-0.39, 0.29) is 10.7 Å². The number of benzene rings is 1. The Bertz CT molecular complexity index is 971. The molecule has 0 aliphatic carbocycles. The molecule has 3 aromatic rings. The summed E-state index contributed by atoms with van der Waals surface area (Å²) in [5.74, 6) is -0.925. The fraction of sp³-hybridized carbons (Fsp3) is 0.176. The SMILES string of the molecule is CCOc1cc(-c2ccco2)c(NC(=O)Nc2cc(C(F)(F)F)on2)cc1Cl. The van der Waals surface area contributed by atoms with Gasteiger partial charge in [-0.05, 0) is 31.2 Å². The van der Waals surface area contributed by atoms with Gasteiger partial charge in [-0.3, -0.25) is 5.32 Å². The molecule has 0 fully saturated rings. The van der Waals surface area contributed by atoms with Crippen LogP contribution in [0.25, 0.3) is 11.3 Å². The third-order valence-corrected chi connectivity index (χ3v) is 3.73. The van der Waals surface area contributed by atoms with Crippen LogP contribution in [-0.2, 0) is 6.18 Å². The average Bonchev–Trinajstić information content (AvgIpc) is 3.28. The van der Waals surface area contributed by atoms with Crippen LogP contribution in [0.2, 0.25) is 5.02 Å². The number of aromatic nitrogens is 1. The number of carbonyl (C=O) groups is 1. The highest BCUT2D eigenvalue weighted by atomic mass is 35.5. The zero-order valence-electron chi connectivity index (χ0n) is 14.3. The molecule has 7 nitrogen and oxygen atoms in total.